The van der Waals surface area contributed by atoms with E-state index in [4.69, 9.17) is 9.47 Å². The second kappa shape index (κ2) is 8.57. The maximum atomic E-state index is 11.5. The molecule has 1 atom stereocenters. The highest BCUT2D eigenvalue weighted by Crippen LogP contribution is 2.07. The first-order valence-corrected chi connectivity index (χ1v) is 6.08. The zero-order chi connectivity index (χ0) is 15.7. The van der Waals surface area contributed by atoms with E-state index >= 15 is 0 Å². The van der Waals surface area contributed by atoms with Crippen molar-refractivity contribution in [2.24, 2.45) is 0 Å². The van der Waals surface area contributed by atoms with Gasteiger partial charge in [-0.2, -0.15) is 0 Å². The molecule has 0 radical (unpaired) electrons. The Labute approximate surface area is 121 Å². The first-order chi connectivity index (χ1) is 10.1. The molecule has 0 aromatic heterocycles. The van der Waals surface area contributed by atoms with Crippen molar-refractivity contribution in [2.45, 2.75) is 19.1 Å². The number of methoxy groups -OCH3 is 2. The summed E-state index contributed by atoms with van der Waals surface area (Å²) in [4.78, 5) is 34.1. The normalized spacial score (nSPS) is 11.1. The fourth-order valence-electron chi connectivity index (χ4n) is 1.41. The maximum absolute atomic E-state index is 11.5. The number of benzene rings is 1. The van der Waals surface area contributed by atoms with Crippen LogP contribution in [0.1, 0.15) is 12.0 Å². The molecule has 114 valence electrons. The summed E-state index contributed by atoms with van der Waals surface area (Å²) in [6, 6.07) is 8.93. The summed E-state index contributed by atoms with van der Waals surface area (Å²) in [5.74, 6) is -1.57. The number of rotatable bonds is 6. The average molecular weight is 296 g/mol. The Balaban J connectivity index is 2.51. The summed E-state index contributed by atoms with van der Waals surface area (Å²) >= 11 is 0. The lowest BCUT2D eigenvalue weighted by Gasteiger charge is -2.14. The molecule has 0 saturated heterocycles. The lowest BCUT2D eigenvalue weighted by Crippen LogP contribution is -2.31. The Morgan fingerprint density at radius 2 is 1.71 bits per heavy atom. The van der Waals surface area contributed by atoms with Gasteiger partial charge < -0.3 is 18.9 Å². The molecule has 0 aliphatic heterocycles. The molecule has 0 bridgehead atoms. The summed E-state index contributed by atoms with van der Waals surface area (Å²) in [6.07, 6.45) is -2.91. The third-order valence-electron chi connectivity index (χ3n) is 2.48. The molecule has 0 aliphatic rings. The van der Waals surface area contributed by atoms with Crippen LogP contribution >= 0.6 is 0 Å². The van der Waals surface area contributed by atoms with E-state index in [-0.39, 0.29) is 6.61 Å². The van der Waals surface area contributed by atoms with Crippen molar-refractivity contribution in [2.75, 3.05) is 14.2 Å². The molecule has 0 spiro atoms. The Morgan fingerprint density at radius 3 is 2.29 bits per heavy atom. The van der Waals surface area contributed by atoms with Crippen LogP contribution in [0.3, 0.4) is 0 Å². The first kappa shape index (κ1) is 16.5. The molecule has 0 amide bonds. The van der Waals surface area contributed by atoms with Crippen LogP contribution in [0.2, 0.25) is 0 Å². The first-order valence-electron chi connectivity index (χ1n) is 6.08. The van der Waals surface area contributed by atoms with Crippen molar-refractivity contribution in [1.29, 1.82) is 0 Å². The van der Waals surface area contributed by atoms with Gasteiger partial charge in [-0.3, -0.25) is 4.79 Å². The Kier molecular flexibility index (Phi) is 6.73. The van der Waals surface area contributed by atoms with Crippen LogP contribution in [0.4, 0.5) is 4.79 Å². The van der Waals surface area contributed by atoms with Gasteiger partial charge in [0.1, 0.15) is 6.61 Å². The third-order valence-corrected chi connectivity index (χ3v) is 2.48. The number of hydrogen-bond acceptors (Lipinski definition) is 7. The minimum atomic E-state index is -1.40. The number of ether oxygens (including phenoxy) is 4. The fraction of sp³-hybridized carbons (Fsp3) is 0.357. The molecule has 7 heteroatoms. The maximum Gasteiger partial charge on any atom is 0.509 e. The number of carbonyl (C=O) groups is 3. The monoisotopic (exact) mass is 296 g/mol. The van der Waals surface area contributed by atoms with Crippen molar-refractivity contribution in [3.8, 4) is 0 Å². The zero-order valence-electron chi connectivity index (χ0n) is 11.7. The summed E-state index contributed by atoms with van der Waals surface area (Å²) in [5.41, 5.74) is 0.761. The smallest absolute Gasteiger partial charge is 0.469 e. The molecule has 0 saturated carbocycles. The van der Waals surface area contributed by atoms with Crippen LogP contribution in [0.15, 0.2) is 30.3 Å². The number of carbonyl (C=O) groups excluding carboxylic acids is 3. The van der Waals surface area contributed by atoms with Gasteiger partial charge in [0.15, 0.2) is 0 Å². The Hall–Kier alpha value is -2.57. The van der Waals surface area contributed by atoms with Crippen LogP contribution in [-0.2, 0) is 35.1 Å². The van der Waals surface area contributed by atoms with Crippen LogP contribution in [0.5, 0.6) is 0 Å². The van der Waals surface area contributed by atoms with Crippen molar-refractivity contribution in [1.82, 2.24) is 0 Å². The van der Waals surface area contributed by atoms with Crippen LogP contribution in [-0.4, -0.2) is 38.4 Å². The minimum absolute atomic E-state index is 0.00814. The third kappa shape index (κ3) is 5.94. The van der Waals surface area contributed by atoms with Crippen molar-refractivity contribution >= 4 is 18.1 Å². The molecular weight excluding hydrogens is 280 g/mol. The summed E-state index contributed by atoms with van der Waals surface area (Å²) in [6.45, 7) is -0.00814. The zero-order valence-corrected chi connectivity index (χ0v) is 11.7. The molecule has 7 nitrogen and oxygen atoms in total. The predicted octanol–water partition coefficient (Wildman–Crippen LogP) is 1.44. The quantitative estimate of drug-likeness (QED) is 0.579. The van der Waals surface area contributed by atoms with Crippen LogP contribution in [0, 0.1) is 0 Å². The van der Waals surface area contributed by atoms with Gasteiger partial charge in [0, 0.05) is 0 Å². The molecule has 0 fully saturated rings. The number of hydrogen-bond donors (Lipinski definition) is 0. The molecule has 0 N–H and O–H groups in total. The highest BCUT2D eigenvalue weighted by atomic mass is 16.7. The standard InChI is InChI=1S/C14H16O7/c1-18-12(15)8-11(13(16)19-2)21-14(17)20-9-10-6-4-3-5-7-10/h3-7,11H,8-9H2,1-2H3/t11-/m0/s1. The summed E-state index contributed by atoms with van der Waals surface area (Å²) < 4.78 is 18.5. The number of esters is 2. The fourth-order valence-corrected chi connectivity index (χ4v) is 1.41. The van der Waals surface area contributed by atoms with Crippen LogP contribution < -0.4 is 0 Å². The summed E-state index contributed by atoms with van der Waals surface area (Å²) in [5, 5.41) is 0. The average Bonchev–Trinajstić information content (AvgIpc) is 2.52. The van der Waals surface area contributed by atoms with Gasteiger partial charge in [-0.05, 0) is 5.56 Å². The van der Waals surface area contributed by atoms with E-state index in [0.717, 1.165) is 19.8 Å². The van der Waals surface area contributed by atoms with E-state index in [9.17, 15) is 14.4 Å². The summed E-state index contributed by atoms with van der Waals surface area (Å²) in [7, 11) is 2.27. The van der Waals surface area contributed by atoms with Gasteiger partial charge in [0.05, 0.1) is 20.6 Å². The van der Waals surface area contributed by atoms with Gasteiger partial charge in [0.25, 0.3) is 0 Å². The largest absolute Gasteiger partial charge is 0.509 e. The van der Waals surface area contributed by atoms with E-state index in [1.807, 2.05) is 6.07 Å². The van der Waals surface area contributed by atoms with Crippen molar-refractivity contribution in [3.63, 3.8) is 0 Å². The SMILES string of the molecule is COC(=O)C[C@H](OC(=O)OCc1ccccc1)C(=O)OC. The Morgan fingerprint density at radius 1 is 1.05 bits per heavy atom. The predicted molar refractivity (Wildman–Crippen MR) is 70.1 cm³/mol. The van der Waals surface area contributed by atoms with E-state index < -0.39 is 30.6 Å². The lowest BCUT2D eigenvalue weighted by molar-refractivity contribution is -0.158. The highest BCUT2D eigenvalue weighted by Gasteiger charge is 2.28. The van der Waals surface area contributed by atoms with Crippen molar-refractivity contribution in [3.05, 3.63) is 35.9 Å². The molecule has 1 rings (SSSR count). The molecular formula is C14H16O7. The van der Waals surface area contributed by atoms with E-state index in [1.54, 1.807) is 24.3 Å². The topological polar surface area (TPSA) is 88.1 Å². The van der Waals surface area contributed by atoms with Gasteiger partial charge in [0.2, 0.25) is 6.10 Å². The van der Waals surface area contributed by atoms with E-state index in [2.05, 4.69) is 9.47 Å². The van der Waals surface area contributed by atoms with Gasteiger partial charge in [-0.25, -0.2) is 9.59 Å². The minimum Gasteiger partial charge on any atom is -0.469 e. The molecule has 21 heavy (non-hydrogen) atoms. The van der Waals surface area contributed by atoms with Gasteiger partial charge in [-0.15, -0.1) is 0 Å². The molecule has 0 heterocycles. The highest BCUT2D eigenvalue weighted by molar-refractivity contribution is 5.83. The molecule has 1 aromatic rings. The van der Waals surface area contributed by atoms with E-state index in [0.29, 0.717) is 0 Å². The molecule has 0 unspecified atom stereocenters. The van der Waals surface area contributed by atoms with Gasteiger partial charge in [-0.1, -0.05) is 30.3 Å². The molecule has 0 aliphatic carbocycles. The molecule has 1 aromatic carbocycles. The second-order valence-electron chi connectivity index (χ2n) is 3.93. The van der Waals surface area contributed by atoms with Crippen molar-refractivity contribution < 1.29 is 33.3 Å². The van der Waals surface area contributed by atoms with Gasteiger partial charge >= 0.3 is 18.1 Å². The van der Waals surface area contributed by atoms with E-state index in [1.165, 1.54) is 0 Å². The lowest BCUT2D eigenvalue weighted by atomic mass is 10.2. The second-order valence-corrected chi connectivity index (χ2v) is 3.93. The Bertz CT molecular complexity index is 483. The van der Waals surface area contributed by atoms with Crippen LogP contribution in [0.25, 0.3) is 0 Å².